The Morgan fingerprint density at radius 2 is 1.79 bits per heavy atom. The molecule has 1 aromatic carbocycles. The van der Waals surface area contributed by atoms with Gasteiger partial charge in [0.25, 0.3) is 0 Å². The van der Waals surface area contributed by atoms with Crippen LogP contribution in [0, 0.1) is 10.5 Å². The Labute approximate surface area is 121 Å². The van der Waals surface area contributed by atoms with Crippen molar-refractivity contribution < 1.29 is 13.2 Å². The Bertz CT molecular complexity index is 603. The molecule has 3 nitrogen and oxygen atoms in total. The number of halogens is 4. The lowest BCUT2D eigenvalue weighted by atomic mass is 10.1. The van der Waals surface area contributed by atoms with E-state index in [0.29, 0.717) is 9.26 Å². The maximum Gasteiger partial charge on any atom is 0.417 e. The number of hydrogen-bond acceptors (Lipinski definition) is 3. The van der Waals surface area contributed by atoms with Crippen molar-refractivity contribution in [3.8, 4) is 11.4 Å². The lowest BCUT2D eigenvalue weighted by molar-refractivity contribution is -0.137. The van der Waals surface area contributed by atoms with E-state index in [1.807, 2.05) is 22.6 Å². The first-order valence-corrected chi connectivity index (χ1v) is 6.35. The molecule has 7 heteroatoms. The van der Waals surface area contributed by atoms with Gasteiger partial charge in [0.15, 0.2) is 5.82 Å². The van der Waals surface area contributed by atoms with Crippen molar-refractivity contribution in [2.24, 2.45) is 0 Å². The SMILES string of the molecule is Cc1nc(-c2ccccc2C(F)(F)F)nc(N)c1I. The maximum absolute atomic E-state index is 12.9. The van der Waals surface area contributed by atoms with Crippen LogP contribution in [0.2, 0.25) is 0 Å². The average Bonchev–Trinajstić information content (AvgIpc) is 2.34. The van der Waals surface area contributed by atoms with Gasteiger partial charge < -0.3 is 5.73 Å². The van der Waals surface area contributed by atoms with E-state index < -0.39 is 11.7 Å². The lowest BCUT2D eigenvalue weighted by Gasteiger charge is -2.12. The van der Waals surface area contributed by atoms with E-state index in [0.717, 1.165) is 6.07 Å². The fourth-order valence-corrected chi connectivity index (χ4v) is 1.87. The number of hydrogen-bond donors (Lipinski definition) is 1. The second-order valence-corrected chi connectivity index (χ2v) is 4.95. The van der Waals surface area contributed by atoms with Gasteiger partial charge in [0.05, 0.1) is 14.8 Å². The van der Waals surface area contributed by atoms with Gasteiger partial charge in [0.2, 0.25) is 0 Å². The fourth-order valence-electron chi connectivity index (χ4n) is 1.63. The summed E-state index contributed by atoms with van der Waals surface area (Å²) in [4.78, 5) is 8.02. The smallest absolute Gasteiger partial charge is 0.383 e. The third kappa shape index (κ3) is 2.80. The third-order valence-electron chi connectivity index (χ3n) is 2.52. The summed E-state index contributed by atoms with van der Waals surface area (Å²) >= 11 is 1.96. The summed E-state index contributed by atoms with van der Waals surface area (Å²) in [6.07, 6.45) is -4.45. The number of benzene rings is 1. The molecule has 0 radical (unpaired) electrons. The van der Waals surface area contributed by atoms with Crippen LogP contribution in [-0.4, -0.2) is 9.97 Å². The molecule has 0 amide bonds. The predicted molar refractivity (Wildman–Crippen MR) is 74.3 cm³/mol. The Kier molecular flexibility index (Phi) is 3.66. The lowest BCUT2D eigenvalue weighted by Crippen LogP contribution is -2.09. The van der Waals surface area contributed by atoms with Crippen LogP contribution >= 0.6 is 22.6 Å². The highest BCUT2D eigenvalue weighted by Crippen LogP contribution is 2.36. The predicted octanol–water partition coefficient (Wildman–Crippen LogP) is 3.66. The van der Waals surface area contributed by atoms with Crippen LogP contribution in [0.1, 0.15) is 11.3 Å². The molecule has 0 unspecified atom stereocenters. The molecule has 2 N–H and O–H groups in total. The molecule has 0 aliphatic heterocycles. The fraction of sp³-hybridized carbons (Fsp3) is 0.167. The number of anilines is 1. The highest BCUT2D eigenvalue weighted by atomic mass is 127. The number of aryl methyl sites for hydroxylation is 1. The van der Waals surface area contributed by atoms with E-state index in [9.17, 15) is 13.2 Å². The molecule has 0 atom stereocenters. The van der Waals surface area contributed by atoms with Crippen LogP contribution in [0.5, 0.6) is 0 Å². The monoisotopic (exact) mass is 379 g/mol. The summed E-state index contributed by atoms with van der Waals surface area (Å²) in [6.45, 7) is 1.68. The van der Waals surface area contributed by atoms with E-state index >= 15 is 0 Å². The third-order valence-corrected chi connectivity index (χ3v) is 3.85. The number of rotatable bonds is 1. The van der Waals surface area contributed by atoms with Crippen molar-refractivity contribution in [1.82, 2.24) is 9.97 Å². The van der Waals surface area contributed by atoms with Crippen LogP contribution in [0.25, 0.3) is 11.4 Å². The van der Waals surface area contributed by atoms with Crippen molar-refractivity contribution in [2.75, 3.05) is 5.73 Å². The Morgan fingerprint density at radius 3 is 2.37 bits per heavy atom. The van der Waals surface area contributed by atoms with Crippen molar-refractivity contribution in [3.63, 3.8) is 0 Å². The zero-order chi connectivity index (χ0) is 14.2. The first-order chi connectivity index (χ1) is 8.80. The molecule has 2 aromatic rings. The normalized spacial score (nSPS) is 11.6. The standard InChI is InChI=1S/C12H9F3IN3/c1-6-9(16)10(17)19-11(18-6)7-4-2-3-5-8(7)12(13,14)15/h2-5H,1H3,(H2,17,18,19). The first-order valence-electron chi connectivity index (χ1n) is 5.27. The number of nitrogens with two attached hydrogens (primary N) is 1. The molecule has 1 heterocycles. The molecule has 100 valence electrons. The van der Waals surface area contributed by atoms with Crippen molar-refractivity contribution in [1.29, 1.82) is 0 Å². The van der Waals surface area contributed by atoms with E-state index in [2.05, 4.69) is 9.97 Å². The highest BCUT2D eigenvalue weighted by Gasteiger charge is 2.34. The zero-order valence-corrected chi connectivity index (χ0v) is 12.0. The summed E-state index contributed by atoms with van der Waals surface area (Å²) in [5.41, 5.74) is 5.40. The molecule has 19 heavy (non-hydrogen) atoms. The minimum absolute atomic E-state index is 0.0108. The Morgan fingerprint density at radius 1 is 1.16 bits per heavy atom. The van der Waals surface area contributed by atoms with E-state index in [1.165, 1.54) is 18.2 Å². The molecule has 0 fully saturated rings. The Balaban J connectivity index is 2.67. The molecule has 1 aromatic heterocycles. The largest absolute Gasteiger partial charge is 0.417 e. The molecule has 0 saturated heterocycles. The number of nitrogens with zero attached hydrogens (tertiary/aromatic N) is 2. The van der Waals surface area contributed by atoms with Gasteiger partial charge in [0.1, 0.15) is 5.82 Å². The van der Waals surface area contributed by atoms with E-state index in [-0.39, 0.29) is 17.2 Å². The van der Waals surface area contributed by atoms with Gasteiger partial charge >= 0.3 is 6.18 Å². The molecule has 0 spiro atoms. The van der Waals surface area contributed by atoms with Gasteiger partial charge in [-0.3, -0.25) is 0 Å². The van der Waals surface area contributed by atoms with Crippen molar-refractivity contribution in [3.05, 3.63) is 39.1 Å². The van der Waals surface area contributed by atoms with Gasteiger partial charge in [-0.2, -0.15) is 13.2 Å². The van der Waals surface area contributed by atoms with Crippen molar-refractivity contribution in [2.45, 2.75) is 13.1 Å². The van der Waals surface area contributed by atoms with E-state index in [4.69, 9.17) is 5.73 Å². The van der Waals surface area contributed by atoms with Gasteiger partial charge in [-0.05, 0) is 35.6 Å². The van der Waals surface area contributed by atoms with Crippen molar-refractivity contribution >= 4 is 28.4 Å². The quantitative estimate of drug-likeness (QED) is 0.770. The van der Waals surface area contributed by atoms with Crippen LogP contribution < -0.4 is 5.73 Å². The summed E-state index contributed by atoms with van der Waals surface area (Å²) in [5.74, 6) is 0.170. The van der Waals surface area contributed by atoms with Gasteiger partial charge in [-0.15, -0.1) is 0 Å². The average molecular weight is 379 g/mol. The highest BCUT2D eigenvalue weighted by molar-refractivity contribution is 14.1. The maximum atomic E-state index is 12.9. The number of aromatic nitrogens is 2. The molecule has 2 rings (SSSR count). The van der Waals surface area contributed by atoms with Crippen LogP contribution in [0.15, 0.2) is 24.3 Å². The molecule has 0 aliphatic carbocycles. The zero-order valence-electron chi connectivity index (χ0n) is 9.79. The van der Waals surface area contributed by atoms with Crippen LogP contribution in [0.4, 0.5) is 19.0 Å². The van der Waals surface area contributed by atoms with Gasteiger partial charge in [-0.1, -0.05) is 18.2 Å². The van der Waals surface area contributed by atoms with Gasteiger partial charge in [-0.25, -0.2) is 9.97 Å². The summed E-state index contributed by atoms with van der Waals surface area (Å²) in [6, 6.07) is 5.18. The second-order valence-electron chi connectivity index (χ2n) is 3.88. The summed E-state index contributed by atoms with van der Waals surface area (Å²) in [5, 5.41) is 0. The molecular formula is C12H9F3IN3. The number of alkyl halides is 3. The molecule has 0 saturated carbocycles. The first kappa shape index (κ1) is 14.0. The summed E-state index contributed by atoms with van der Waals surface area (Å²) < 4.78 is 39.4. The topological polar surface area (TPSA) is 51.8 Å². The van der Waals surface area contributed by atoms with Crippen LogP contribution in [-0.2, 0) is 6.18 Å². The minimum Gasteiger partial charge on any atom is -0.383 e. The number of nitrogen functional groups attached to an aromatic ring is 1. The molecule has 0 bridgehead atoms. The van der Waals surface area contributed by atoms with Crippen LogP contribution in [0.3, 0.4) is 0 Å². The van der Waals surface area contributed by atoms with Gasteiger partial charge in [0, 0.05) is 5.56 Å². The molecular weight excluding hydrogens is 370 g/mol. The summed E-state index contributed by atoms with van der Waals surface area (Å²) in [7, 11) is 0. The Hall–Kier alpha value is -1.38. The molecule has 0 aliphatic rings. The van der Waals surface area contributed by atoms with E-state index in [1.54, 1.807) is 6.92 Å². The second kappa shape index (κ2) is 4.95. The minimum atomic E-state index is -4.45.